The van der Waals surface area contributed by atoms with Crippen LogP contribution in [0.4, 0.5) is 5.69 Å². The van der Waals surface area contributed by atoms with Crippen LogP contribution in [0.25, 0.3) is 0 Å². The number of methoxy groups -OCH3 is 1. The van der Waals surface area contributed by atoms with E-state index in [9.17, 15) is 0 Å². The van der Waals surface area contributed by atoms with Crippen molar-refractivity contribution in [2.75, 3.05) is 32.2 Å². The SMILES string of the molecule is COCCc1ccc2c(c1)NCCCO2. The third-order valence-electron chi connectivity index (χ3n) is 2.53. The second-order valence-electron chi connectivity index (χ2n) is 3.70. The van der Waals surface area contributed by atoms with E-state index in [1.807, 2.05) is 6.07 Å². The normalized spacial score (nSPS) is 14.7. The van der Waals surface area contributed by atoms with E-state index in [0.717, 1.165) is 44.0 Å². The molecular formula is C12H17NO2. The van der Waals surface area contributed by atoms with Crippen molar-refractivity contribution in [1.82, 2.24) is 0 Å². The zero-order valence-electron chi connectivity index (χ0n) is 9.08. The molecule has 3 heteroatoms. The Bertz CT molecular complexity index is 325. The van der Waals surface area contributed by atoms with Crippen LogP contribution in [0, 0.1) is 0 Å². The summed E-state index contributed by atoms with van der Waals surface area (Å²) in [7, 11) is 1.73. The lowest BCUT2D eigenvalue weighted by Crippen LogP contribution is -2.00. The van der Waals surface area contributed by atoms with Crippen molar-refractivity contribution in [3.8, 4) is 5.75 Å². The van der Waals surface area contributed by atoms with Gasteiger partial charge in [-0.05, 0) is 30.5 Å². The molecule has 0 unspecified atom stereocenters. The van der Waals surface area contributed by atoms with Crippen LogP contribution in [0.3, 0.4) is 0 Å². The van der Waals surface area contributed by atoms with E-state index in [0.29, 0.717) is 0 Å². The van der Waals surface area contributed by atoms with Crippen LogP contribution in [0.5, 0.6) is 5.75 Å². The Morgan fingerprint density at radius 2 is 2.40 bits per heavy atom. The molecule has 1 aliphatic rings. The molecule has 82 valence electrons. The summed E-state index contributed by atoms with van der Waals surface area (Å²) in [5.41, 5.74) is 2.40. The van der Waals surface area contributed by atoms with Gasteiger partial charge in [0.15, 0.2) is 0 Å². The molecule has 0 amide bonds. The van der Waals surface area contributed by atoms with Crippen molar-refractivity contribution >= 4 is 5.69 Å². The molecule has 0 spiro atoms. The van der Waals surface area contributed by atoms with Crippen molar-refractivity contribution < 1.29 is 9.47 Å². The second kappa shape index (κ2) is 5.03. The van der Waals surface area contributed by atoms with Gasteiger partial charge in [0.1, 0.15) is 5.75 Å². The van der Waals surface area contributed by atoms with Gasteiger partial charge in [0.05, 0.1) is 18.9 Å². The molecule has 1 aromatic carbocycles. The minimum atomic E-state index is 0.764. The van der Waals surface area contributed by atoms with Gasteiger partial charge in [-0.1, -0.05) is 6.07 Å². The van der Waals surface area contributed by atoms with E-state index in [1.54, 1.807) is 7.11 Å². The highest BCUT2D eigenvalue weighted by Gasteiger charge is 2.08. The van der Waals surface area contributed by atoms with Gasteiger partial charge in [0, 0.05) is 13.7 Å². The molecule has 0 radical (unpaired) electrons. The summed E-state index contributed by atoms with van der Waals surface area (Å²) in [5.74, 6) is 0.966. The van der Waals surface area contributed by atoms with Crippen LogP contribution in [0.2, 0.25) is 0 Å². The van der Waals surface area contributed by atoms with Crippen molar-refractivity contribution in [3.63, 3.8) is 0 Å². The maximum atomic E-state index is 5.61. The monoisotopic (exact) mass is 207 g/mol. The molecule has 3 nitrogen and oxygen atoms in total. The van der Waals surface area contributed by atoms with Crippen molar-refractivity contribution in [1.29, 1.82) is 0 Å². The van der Waals surface area contributed by atoms with Crippen LogP contribution in [-0.2, 0) is 11.2 Å². The number of rotatable bonds is 3. The molecule has 0 bridgehead atoms. The van der Waals surface area contributed by atoms with Crippen LogP contribution >= 0.6 is 0 Å². The first-order valence-corrected chi connectivity index (χ1v) is 5.38. The Kier molecular flexibility index (Phi) is 3.45. The number of hydrogen-bond acceptors (Lipinski definition) is 3. The molecule has 0 atom stereocenters. The Hall–Kier alpha value is -1.22. The minimum absolute atomic E-state index is 0.764. The number of nitrogens with one attached hydrogen (secondary N) is 1. The molecule has 1 heterocycles. The molecule has 1 aliphatic heterocycles. The fourth-order valence-corrected chi connectivity index (χ4v) is 1.69. The molecule has 0 fully saturated rings. The van der Waals surface area contributed by atoms with Gasteiger partial charge >= 0.3 is 0 Å². The van der Waals surface area contributed by atoms with Gasteiger partial charge < -0.3 is 14.8 Å². The third kappa shape index (κ3) is 2.63. The smallest absolute Gasteiger partial charge is 0.142 e. The molecule has 0 saturated heterocycles. The summed E-state index contributed by atoms with van der Waals surface area (Å²) in [5, 5.41) is 3.38. The number of fused-ring (bicyclic) bond motifs is 1. The number of benzene rings is 1. The van der Waals surface area contributed by atoms with Crippen molar-refractivity contribution in [3.05, 3.63) is 23.8 Å². The van der Waals surface area contributed by atoms with E-state index in [1.165, 1.54) is 5.56 Å². The highest BCUT2D eigenvalue weighted by Crippen LogP contribution is 2.27. The molecule has 1 aromatic rings. The summed E-state index contributed by atoms with van der Waals surface area (Å²) in [4.78, 5) is 0. The first-order chi connectivity index (χ1) is 7.40. The highest BCUT2D eigenvalue weighted by molar-refractivity contribution is 5.58. The lowest BCUT2D eigenvalue weighted by molar-refractivity contribution is 0.202. The minimum Gasteiger partial charge on any atom is -0.491 e. The molecular weight excluding hydrogens is 190 g/mol. The summed E-state index contributed by atoms with van der Waals surface area (Å²) in [6.45, 7) is 2.55. The molecule has 0 saturated carbocycles. The van der Waals surface area contributed by atoms with E-state index in [-0.39, 0.29) is 0 Å². The fourth-order valence-electron chi connectivity index (χ4n) is 1.69. The number of ether oxygens (including phenoxy) is 2. The van der Waals surface area contributed by atoms with Gasteiger partial charge in [-0.3, -0.25) is 0 Å². The number of hydrogen-bond donors (Lipinski definition) is 1. The van der Waals surface area contributed by atoms with E-state index in [2.05, 4.69) is 17.4 Å². The summed E-state index contributed by atoms with van der Waals surface area (Å²) in [6.07, 6.45) is 2.01. The van der Waals surface area contributed by atoms with E-state index >= 15 is 0 Å². The summed E-state index contributed by atoms with van der Waals surface area (Å²) >= 11 is 0. The average Bonchev–Trinajstić information content (AvgIpc) is 2.50. The lowest BCUT2D eigenvalue weighted by Gasteiger charge is -2.09. The summed E-state index contributed by atoms with van der Waals surface area (Å²) in [6, 6.07) is 6.29. The van der Waals surface area contributed by atoms with Gasteiger partial charge in [0.25, 0.3) is 0 Å². The average molecular weight is 207 g/mol. The van der Waals surface area contributed by atoms with Crippen molar-refractivity contribution in [2.24, 2.45) is 0 Å². The third-order valence-corrected chi connectivity index (χ3v) is 2.53. The van der Waals surface area contributed by atoms with Crippen LogP contribution in [-0.4, -0.2) is 26.9 Å². The predicted molar refractivity (Wildman–Crippen MR) is 60.6 cm³/mol. The fraction of sp³-hybridized carbons (Fsp3) is 0.500. The molecule has 15 heavy (non-hydrogen) atoms. The van der Waals surface area contributed by atoms with Crippen LogP contribution in [0.15, 0.2) is 18.2 Å². The van der Waals surface area contributed by atoms with Gasteiger partial charge in [0.2, 0.25) is 0 Å². The lowest BCUT2D eigenvalue weighted by atomic mass is 10.1. The zero-order chi connectivity index (χ0) is 10.5. The topological polar surface area (TPSA) is 30.5 Å². The Morgan fingerprint density at radius 1 is 1.47 bits per heavy atom. The van der Waals surface area contributed by atoms with Gasteiger partial charge in [-0.25, -0.2) is 0 Å². The quantitative estimate of drug-likeness (QED) is 0.823. The largest absolute Gasteiger partial charge is 0.491 e. The van der Waals surface area contributed by atoms with Crippen LogP contribution in [0.1, 0.15) is 12.0 Å². The standard InChI is InChI=1S/C12H17NO2/c1-14-8-5-10-3-4-12-11(9-10)13-6-2-7-15-12/h3-4,9,13H,2,5-8H2,1H3. The predicted octanol–water partition coefficient (Wildman–Crippen LogP) is 2.07. The maximum absolute atomic E-state index is 5.61. The Balaban J connectivity index is 2.13. The zero-order valence-corrected chi connectivity index (χ0v) is 9.08. The molecule has 1 N–H and O–H groups in total. The molecule has 0 aromatic heterocycles. The Morgan fingerprint density at radius 3 is 3.27 bits per heavy atom. The van der Waals surface area contributed by atoms with Crippen molar-refractivity contribution in [2.45, 2.75) is 12.8 Å². The summed E-state index contributed by atoms with van der Waals surface area (Å²) < 4.78 is 10.7. The maximum Gasteiger partial charge on any atom is 0.142 e. The number of anilines is 1. The van der Waals surface area contributed by atoms with Gasteiger partial charge in [-0.15, -0.1) is 0 Å². The first kappa shape index (κ1) is 10.3. The molecule has 0 aliphatic carbocycles. The van der Waals surface area contributed by atoms with E-state index < -0.39 is 0 Å². The van der Waals surface area contributed by atoms with Crippen LogP contribution < -0.4 is 10.1 Å². The second-order valence-corrected chi connectivity index (χ2v) is 3.70. The Labute approximate surface area is 90.4 Å². The first-order valence-electron chi connectivity index (χ1n) is 5.38. The van der Waals surface area contributed by atoms with E-state index in [4.69, 9.17) is 9.47 Å². The van der Waals surface area contributed by atoms with Gasteiger partial charge in [-0.2, -0.15) is 0 Å². The highest BCUT2D eigenvalue weighted by atomic mass is 16.5. The molecule has 2 rings (SSSR count).